The van der Waals surface area contributed by atoms with Crippen LogP contribution in [0.1, 0.15) is 22.7 Å². The zero-order chi connectivity index (χ0) is 24.3. The number of esters is 1. The summed E-state index contributed by atoms with van der Waals surface area (Å²) in [4.78, 5) is 28.4. The zero-order valence-corrected chi connectivity index (χ0v) is 20.3. The lowest BCUT2D eigenvalue weighted by Gasteiger charge is -2.53. The van der Waals surface area contributed by atoms with Gasteiger partial charge in [-0.2, -0.15) is 0 Å². The van der Waals surface area contributed by atoms with E-state index in [2.05, 4.69) is 15.9 Å². The maximum atomic E-state index is 14.5. The first kappa shape index (κ1) is 23.7. The number of benzene rings is 3. The molecule has 3 aromatic rings. The number of carbonyl (C=O) groups excluding carboxylic acids is 2. The van der Waals surface area contributed by atoms with E-state index in [0.29, 0.717) is 16.8 Å². The summed E-state index contributed by atoms with van der Waals surface area (Å²) in [6.07, 6.45) is 2.94. The first-order chi connectivity index (χ1) is 16.4. The number of halogens is 2. The summed E-state index contributed by atoms with van der Waals surface area (Å²) in [6.45, 7) is 0.293. The maximum Gasteiger partial charge on any atom is 0.327 e. The second-order valence-electron chi connectivity index (χ2n) is 7.95. The van der Waals surface area contributed by atoms with Gasteiger partial charge in [0.05, 0.1) is 20.3 Å². The van der Waals surface area contributed by atoms with Crippen LogP contribution in [0, 0.1) is 11.2 Å². The highest BCUT2D eigenvalue weighted by molar-refractivity contribution is 9.10. The van der Waals surface area contributed by atoms with Crippen molar-refractivity contribution >= 4 is 33.9 Å². The molecule has 1 amide bonds. The fourth-order valence-corrected chi connectivity index (χ4v) is 4.61. The quantitative estimate of drug-likeness (QED) is 0.231. The molecule has 2 atom stereocenters. The van der Waals surface area contributed by atoms with Gasteiger partial charge in [-0.1, -0.05) is 76.6 Å². The van der Waals surface area contributed by atoms with Crippen LogP contribution in [0.25, 0.3) is 6.08 Å². The van der Waals surface area contributed by atoms with E-state index in [9.17, 15) is 14.0 Å². The molecule has 0 bridgehead atoms. The molecule has 7 heteroatoms. The average molecular weight is 524 g/mol. The molecule has 0 aliphatic carbocycles. The summed E-state index contributed by atoms with van der Waals surface area (Å²) in [6, 6.07) is 20.7. The normalized spacial score (nSPS) is 19.7. The Hall–Kier alpha value is -3.45. The molecule has 5 nitrogen and oxygen atoms in total. The van der Waals surface area contributed by atoms with E-state index in [1.165, 1.54) is 25.3 Å². The van der Waals surface area contributed by atoms with E-state index in [1.807, 2.05) is 54.6 Å². The van der Waals surface area contributed by atoms with Crippen LogP contribution >= 0.6 is 15.9 Å². The van der Waals surface area contributed by atoms with E-state index in [-0.39, 0.29) is 5.56 Å². The predicted octanol–water partition coefficient (Wildman–Crippen LogP) is 5.55. The minimum absolute atomic E-state index is 0.264. The molecule has 1 heterocycles. The molecule has 0 aromatic heterocycles. The van der Waals surface area contributed by atoms with Crippen LogP contribution in [0.3, 0.4) is 0 Å². The van der Waals surface area contributed by atoms with Crippen molar-refractivity contribution in [2.45, 2.75) is 12.6 Å². The number of carbonyl (C=O) groups is 2. The number of amides is 1. The summed E-state index contributed by atoms with van der Waals surface area (Å²) in [7, 11) is 2.84. The van der Waals surface area contributed by atoms with E-state index in [4.69, 9.17) is 9.47 Å². The Bertz CT molecular complexity index is 1230. The standard InChI is InChI=1S/C27H23BrFNO4/c1-33-22-12-8-18(9-13-22)17-30-24(20-6-4-3-5-7-20)27(25(30)31,26(32)34-2)15-14-19-10-11-21(28)16-23(19)29/h3-16,24H,17H2,1-2H3/b15-14+/t24-,27+/m1/s1. The third-order valence-corrected chi connectivity index (χ3v) is 6.49. The van der Waals surface area contributed by atoms with Crippen molar-refractivity contribution in [2.24, 2.45) is 5.41 Å². The highest BCUT2D eigenvalue weighted by Crippen LogP contribution is 2.53. The summed E-state index contributed by atoms with van der Waals surface area (Å²) in [5, 5.41) is 0. The lowest BCUT2D eigenvalue weighted by atomic mass is 9.67. The molecule has 4 rings (SSSR count). The summed E-state index contributed by atoms with van der Waals surface area (Å²) < 4.78 is 25.4. The Kier molecular flexibility index (Phi) is 6.84. The van der Waals surface area contributed by atoms with Gasteiger partial charge in [-0.15, -0.1) is 0 Å². The predicted molar refractivity (Wildman–Crippen MR) is 130 cm³/mol. The maximum absolute atomic E-state index is 14.5. The molecule has 34 heavy (non-hydrogen) atoms. The van der Waals surface area contributed by atoms with Crippen LogP contribution < -0.4 is 4.74 Å². The van der Waals surface area contributed by atoms with Gasteiger partial charge in [-0.3, -0.25) is 9.59 Å². The minimum Gasteiger partial charge on any atom is -0.497 e. The van der Waals surface area contributed by atoms with Gasteiger partial charge in [0.2, 0.25) is 5.91 Å². The van der Waals surface area contributed by atoms with E-state index < -0.39 is 29.2 Å². The number of ether oxygens (including phenoxy) is 2. The Balaban J connectivity index is 1.76. The van der Waals surface area contributed by atoms with Crippen molar-refractivity contribution in [1.82, 2.24) is 4.90 Å². The topological polar surface area (TPSA) is 55.8 Å². The van der Waals surface area contributed by atoms with Crippen LogP contribution in [0.2, 0.25) is 0 Å². The number of β-lactam (4-membered cyclic amide) rings is 1. The van der Waals surface area contributed by atoms with Crippen molar-refractivity contribution in [3.63, 3.8) is 0 Å². The Labute approximate surface area is 205 Å². The van der Waals surface area contributed by atoms with E-state index in [1.54, 1.807) is 24.1 Å². The number of likely N-dealkylation sites (tertiary alicyclic amines) is 1. The van der Waals surface area contributed by atoms with Gasteiger partial charge in [-0.25, -0.2) is 4.39 Å². The first-order valence-electron chi connectivity index (χ1n) is 10.6. The van der Waals surface area contributed by atoms with Crippen molar-refractivity contribution in [2.75, 3.05) is 14.2 Å². The molecule has 0 unspecified atom stereocenters. The number of methoxy groups -OCH3 is 2. The Morgan fingerprint density at radius 3 is 2.41 bits per heavy atom. The van der Waals surface area contributed by atoms with E-state index in [0.717, 1.165) is 11.1 Å². The second kappa shape index (κ2) is 9.81. The van der Waals surface area contributed by atoms with Gasteiger partial charge in [0, 0.05) is 16.6 Å². The fraction of sp³-hybridized carbons (Fsp3) is 0.185. The summed E-state index contributed by atoms with van der Waals surface area (Å²) in [5.41, 5.74) is 0.320. The van der Waals surface area contributed by atoms with Gasteiger partial charge in [0.1, 0.15) is 11.6 Å². The molecule has 0 N–H and O–H groups in total. The summed E-state index contributed by atoms with van der Waals surface area (Å²) >= 11 is 3.24. The SMILES string of the molecule is COC(=O)[C@]1(/C=C/c2ccc(Br)cc2F)C(=O)N(Cc2ccc(OC)cc2)[C@@H]1c1ccccc1. The highest BCUT2D eigenvalue weighted by atomic mass is 79.9. The third kappa shape index (κ3) is 4.23. The number of rotatable bonds is 7. The fourth-order valence-electron chi connectivity index (χ4n) is 4.28. The first-order valence-corrected chi connectivity index (χ1v) is 11.4. The molecule has 1 saturated heterocycles. The summed E-state index contributed by atoms with van der Waals surface area (Å²) in [5.74, 6) is -0.852. The number of hydrogen-bond donors (Lipinski definition) is 0. The second-order valence-corrected chi connectivity index (χ2v) is 8.87. The highest BCUT2D eigenvalue weighted by Gasteiger charge is 2.65. The van der Waals surface area contributed by atoms with Crippen LogP contribution in [0.15, 0.2) is 83.3 Å². The molecule has 1 aliphatic rings. The van der Waals surface area contributed by atoms with Gasteiger partial charge < -0.3 is 14.4 Å². The molecular weight excluding hydrogens is 501 g/mol. The number of nitrogens with zero attached hydrogens (tertiary/aromatic N) is 1. The molecule has 0 spiro atoms. The van der Waals surface area contributed by atoms with Gasteiger partial charge in [-0.05, 0) is 35.4 Å². The minimum atomic E-state index is -1.61. The zero-order valence-electron chi connectivity index (χ0n) is 18.7. The molecule has 1 fully saturated rings. The largest absolute Gasteiger partial charge is 0.497 e. The molecule has 0 radical (unpaired) electrons. The van der Waals surface area contributed by atoms with Crippen molar-refractivity contribution in [3.05, 3.63) is 106 Å². The molecule has 1 aliphatic heterocycles. The third-order valence-electron chi connectivity index (χ3n) is 6.00. The Morgan fingerprint density at radius 2 is 1.79 bits per heavy atom. The van der Waals surface area contributed by atoms with Crippen molar-refractivity contribution in [1.29, 1.82) is 0 Å². The van der Waals surface area contributed by atoms with Gasteiger partial charge in [0.25, 0.3) is 0 Å². The van der Waals surface area contributed by atoms with Crippen molar-refractivity contribution < 1.29 is 23.5 Å². The van der Waals surface area contributed by atoms with Gasteiger partial charge in [0.15, 0.2) is 5.41 Å². The number of hydrogen-bond acceptors (Lipinski definition) is 4. The Morgan fingerprint density at radius 1 is 1.09 bits per heavy atom. The smallest absolute Gasteiger partial charge is 0.327 e. The molecule has 174 valence electrons. The molecule has 0 saturated carbocycles. The van der Waals surface area contributed by atoms with Crippen LogP contribution in [0.5, 0.6) is 5.75 Å². The van der Waals surface area contributed by atoms with Crippen molar-refractivity contribution in [3.8, 4) is 5.75 Å². The van der Waals surface area contributed by atoms with Crippen LogP contribution in [-0.2, 0) is 20.9 Å². The average Bonchev–Trinajstić information content (AvgIpc) is 2.86. The van der Waals surface area contributed by atoms with E-state index >= 15 is 0 Å². The van der Waals surface area contributed by atoms with Crippen LogP contribution in [0.4, 0.5) is 4.39 Å². The van der Waals surface area contributed by atoms with Crippen LogP contribution in [-0.4, -0.2) is 31.0 Å². The molecular formula is C27H23BrFNO4. The monoisotopic (exact) mass is 523 g/mol. The lowest BCUT2D eigenvalue weighted by Crippen LogP contribution is -2.65. The van der Waals surface area contributed by atoms with Gasteiger partial charge >= 0.3 is 5.97 Å². The molecule has 3 aromatic carbocycles. The lowest BCUT2D eigenvalue weighted by molar-refractivity contribution is -0.184.